The zero-order valence-electron chi connectivity index (χ0n) is 23.7. The van der Waals surface area contributed by atoms with Crippen molar-refractivity contribution in [1.82, 2.24) is 25.4 Å². The molecule has 1 aliphatic carbocycles. The van der Waals surface area contributed by atoms with Crippen molar-refractivity contribution in [1.29, 1.82) is 0 Å². The maximum Gasteiger partial charge on any atom is 0.255 e. The Morgan fingerprint density at radius 1 is 1.00 bits per heavy atom. The van der Waals surface area contributed by atoms with E-state index in [0.717, 1.165) is 75.0 Å². The minimum Gasteiger partial charge on any atom is -0.367 e. The molecule has 0 bridgehead atoms. The van der Waals surface area contributed by atoms with Gasteiger partial charge in [-0.15, -0.1) is 0 Å². The minimum absolute atomic E-state index is 0.0269. The zero-order chi connectivity index (χ0) is 28.3. The first-order valence-corrected chi connectivity index (χ1v) is 16.1. The molecule has 5 aliphatic rings. The quantitative estimate of drug-likeness (QED) is 0.454. The second-order valence-electron chi connectivity index (χ2n) is 11.9. The molecule has 2 unspecified atom stereocenters. The van der Waals surface area contributed by atoms with E-state index in [2.05, 4.69) is 55.1 Å². The number of amidine groups is 1. The first-order chi connectivity index (χ1) is 19.9. The SMILES string of the molecule is CN1CCCC1C1=CN2CC(C(=O)NC3CCC(NC(=O)c4cc(F)cnc4NC4CCSCC4)CC3)N=C2C=C1. The van der Waals surface area contributed by atoms with Gasteiger partial charge in [0, 0.05) is 30.4 Å². The number of nitrogens with one attached hydrogen (secondary N) is 3. The molecule has 3 N–H and O–H groups in total. The summed E-state index contributed by atoms with van der Waals surface area (Å²) in [4.78, 5) is 39.6. The van der Waals surface area contributed by atoms with Crippen LogP contribution in [0.5, 0.6) is 0 Å². The summed E-state index contributed by atoms with van der Waals surface area (Å²) < 4.78 is 14.0. The molecule has 0 aromatic carbocycles. The van der Waals surface area contributed by atoms with Crippen LogP contribution in [0.25, 0.3) is 0 Å². The fraction of sp³-hybridized carbons (Fsp3) is 0.600. The molecule has 2 saturated heterocycles. The fourth-order valence-electron chi connectivity index (χ4n) is 6.58. The van der Waals surface area contributed by atoms with E-state index in [1.807, 2.05) is 17.8 Å². The van der Waals surface area contributed by atoms with Crippen LogP contribution >= 0.6 is 11.8 Å². The monoisotopic (exact) mass is 581 g/mol. The molecule has 220 valence electrons. The van der Waals surface area contributed by atoms with Crippen LogP contribution in [0.15, 0.2) is 41.2 Å². The van der Waals surface area contributed by atoms with Crippen LogP contribution in [0, 0.1) is 5.82 Å². The third-order valence-corrected chi connectivity index (χ3v) is 10.0. The molecule has 4 aliphatic heterocycles. The molecule has 41 heavy (non-hydrogen) atoms. The molecule has 0 radical (unpaired) electrons. The second kappa shape index (κ2) is 12.5. The summed E-state index contributed by atoms with van der Waals surface area (Å²) in [6, 6.07) is 1.56. The van der Waals surface area contributed by atoms with Gasteiger partial charge in [0.15, 0.2) is 0 Å². The molecule has 5 heterocycles. The molecule has 2 amide bonds. The lowest BCUT2D eigenvalue weighted by molar-refractivity contribution is -0.123. The molecule has 1 saturated carbocycles. The van der Waals surface area contributed by atoms with Gasteiger partial charge in [-0.3, -0.25) is 19.5 Å². The zero-order valence-corrected chi connectivity index (χ0v) is 24.5. The molecular weight excluding hydrogens is 541 g/mol. The number of nitrogens with zero attached hydrogens (tertiary/aromatic N) is 4. The Bertz CT molecular complexity index is 1240. The number of fused-ring (bicyclic) bond motifs is 1. The third-order valence-electron chi connectivity index (χ3n) is 8.96. The second-order valence-corrected chi connectivity index (χ2v) is 13.1. The van der Waals surface area contributed by atoms with Crippen LogP contribution in [-0.4, -0.2) is 94.3 Å². The maximum atomic E-state index is 14.0. The van der Waals surface area contributed by atoms with E-state index in [1.165, 1.54) is 18.1 Å². The Hall–Kier alpha value is -2.92. The molecule has 2 atom stereocenters. The summed E-state index contributed by atoms with van der Waals surface area (Å²) in [6.07, 6.45) is 14.9. The highest BCUT2D eigenvalue weighted by Gasteiger charge is 2.34. The molecule has 0 spiro atoms. The first-order valence-electron chi connectivity index (χ1n) is 15.0. The number of likely N-dealkylation sites (tertiary alicyclic amines) is 1. The topological polar surface area (TPSA) is 102 Å². The van der Waals surface area contributed by atoms with Gasteiger partial charge in [0.25, 0.3) is 5.91 Å². The molecule has 1 aromatic rings. The molecule has 3 fully saturated rings. The molecule has 1 aromatic heterocycles. The molecule has 11 heteroatoms. The van der Waals surface area contributed by atoms with Gasteiger partial charge in [-0.2, -0.15) is 11.8 Å². The Morgan fingerprint density at radius 2 is 1.76 bits per heavy atom. The molecule has 9 nitrogen and oxygen atoms in total. The predicted octanol–water partition coefficient (Wildman–Crippen LogP) is 3.32. The lowest BCUT2D eigenvalue weighted by Crippen LogP contribution is -2.47. The lowest BCUT2D eigenvalue weighted by Gasteiger charge is -2.30. The van der Waals surface area contributed by atoms with Crippen LogP contribution in [0.3, 0.4) is 0 Å². The van der Waals surface area contributed by atoms with Crippen molar-refractivity contribution in [3.05, 3.63) is 47.6 Å². The Morgan fingerprint density at radius 3 is 2.49 bits per heavy atom. The average Bonchev–Trinajstić information content (AvgIpc) is 3.61. The number of hydrogen-bond acceptors (Lipinski definition) is 8. The van der Waals surface area contributed by atoms with Gasteiger partial charge < -0.3 is 20.9 Å². The van der Waals surface area contributed by atoms with Crippen LogP contribution in [0.2, 0.25) is 0 Å². The van der Waals surface area contributed by atoms with Gasteiger partial charge in [-0.1, -0.05) is 6.08 Å². The number of aromatic nitrogens is 1. The van der Waals surface area contributed by atoms with Crippen molar-refractivity contribution in [2.45, 2.75) is 81.6 Å². The number of halogens is 1. The highest BCUT2D eigenvalue weighted by atomic mass is 32.2. The Balaban J connectivity index is 0.981. The minimum atomic E-state index is -0.522. The van der Waals surface area contributed by atoms with Crippen LogP contribution in [0.4, 0.5) is 10.2 Å². The maximum absolute atomic E-state index is 14.0. The summed E-state index contributed by atoms with van der Waals surface area (Å²) >= 11 is 1.92. The van der Waals surface area contributed by atoms with E-state index in [0.29, 0.717) is 18.4 Å². The fourth-order valence-corrected chi connectivity index (χ4v) is 7.69. The van der Waals surface area contributed by atoms with Gasteiger partial charge in [0.2, 0.25) is 5.91 Å². The van der Waals surface area contributed by atoms with E-state index >= 15 is 0 Å². The van der Waals surface area contributed by atoms with Crippen LogP contribution < -0.4 is 16.0 Å². The number of pyridine rings is 1. The first kappa shape index (κ1) is 28.2. The van der Waals surface area contributed by atoms with Crippen molar-refractivity contribution < 1.29 is 14.0 Å². The van der Waals surface area contributed by atoms with Crippen LogP contribution in [0.1, 0.15) is 61.7 Å². The Labute approximate surface area is 245 Å². The van der Waals surface area contributed by atoms with E-state index < -0.39 is 11.9 Å². The van der Waals surface area contributed by atoms with Crippen LogP contribution in [-0.2, 0) is 4.79 Å². The largest absolute Gasteiger partial charge is 0.367 e. The smallest absolute Gasteiger partial charge is 0.255 e. The van der Waals surface area contributed by atoms with E-state index in [9.17, 15) is 14.0 Å². The van der Waals surface area contributed by atoms with Gasteiger partial charge in [-0.05, 0) is 94.2 Å². The van der Waals surface area contributed by atoms with Crippen molar-refractivity contribution in [2.75, 3.05) is 37.0 Å². The third kappa shape index (κ3) is 6.61. The number of anilines is 1. The number of thioether (sulfide) groups is 1. The van der Waals surface area contributed by atoms with Crippen molar-refractivity contribution >= 4 is 35.2 Å². The summed E-state index contributed by atoms with van der Waals surface area (Å²) in [6.45, 7) is 1.68. The van der Waals surface area contributed by atoms with Crippen molar-refractivity contribution in [2.24, 2.45) is 4.99 Å². The van der Waals surface area contributed by atoms with Gasteiger partial charge in [-0.25, -0.2) is 9.37 Å². The molecular formula is C30H40FN7O2S. The normalized spacial score (nSPS) is 28.6. The summed E-state index contributed by atoms with van der Waals surface area (Å²) in [5.41, 5.74) is 1.54. The summed E-state index contributed by atoms with van der Waals surface area (Å²) in [7, 11) is 2.17. The predicted molar refractivity (Wildman–Crippen MR) is 161 cm³/mol. The van der Waals surface area contributed by atoms with E-state index in [4.69, 9.17) is 0 Å². The lowest BCUT2D eigenvalue weighted by atomic mass is 9.90. The van der Waals surface area contributed by atoms with E-state index in [-0.39, 0.29) is 35.5 Å². The number of carbonyl (C=O) groups is 2. The number of amides is 2. The highest BCUT2D eigenvalue weighted by Crippen LogP contribution is 2.28. The van der Waals surface area contributed by atoms with Gasteiger partial charge >= 0.3 is 0 Å². The van der Waals surface area contributed by atoms with Crippen molar-refractivity contribution in [3.8, 4) is 0 Å². The van der Waals surface area contributed by atoms with Gasteiger partial charge in [0.1, 0.15) is 23.5 Å². The highest BCUT2D eigenvalue weighted by molar-refractivity contribution is 7.99. The number of likely N-dealkylation sites (N-methyl/N-ethyl adjacent to an activating group) is 1. The summed E-state index contributed by atoms with van der Waals surface area (Å²) in [5.74, 6) is 2.57. The Kier molecular flexibility index (Phi) is 8.62. The molecule has 6 rings (SSSR count). The average molecular weight is 582 g/mol. The standard InChI is InChI=1S/C30H40FN7O2S/c1-37-12-2-3-26(37)19-4-9-27-36-25(18-38(27)17-19)30(40)35-22-7-5-21(6-8-22)34-29(39)24-15-20(31)16-32-28(24)33-23-10-13-41-14-11-23/h4,9,15-17,21-23,25-26H,2-3,5-8,10-14,18H2,1H3,(H,32,33)(H,34,39)(H,35,40). The number of rotatable bonds is 7. The number of hydrogen-bond donors (Lipinski definition) is 3. The van der Waals surface area contributed by atoms with Crippen molar-refractivity contribution in [3.63, 3.8) is 0 Å². The van der Waals surface area contributed by atoms with E-state index in [1.54, 1.807) is 0 Å². The number of carbonyl (C=O) groups excluding carboxylic acids is 2. The van der Waals surface area contributed by atoms with Gasteiger partial charge in [0.05, 0.1) is 18.3 Å². The number of aliphatic imine (C=N–C) groups is 1. The summed E-state index contributed by atoms with van der Waals surface area (Å²) in [5, 5.41) is 9.65.